The highest BCUT2D eigenvalue weighted by Gasteiger charge is 2.24. The highest BCUT2D eigenvalue weighted by atomic mass is 19.1. The van der Waals surface area contributed by atoms with Crippen LogP contribution in [0.1, 0.15) is 37.7 Å². The van der Waals surface area contributed by atoms with Crippen LogP contribution in [0.15, 0.2) is 24.3 Å². The lowest BCUT2D eigenvalue weighted by molar-refractivity contribution is -0.139. The highest BCUT2D eigenvalue weighted by molar-refractivity contribution is 5.80. The summed E-state index contributed by atoms with van der Waals surface area (Å²) >= 11 is 0. The van der Waals surface area contributed by atoms with Crippen molar-refractivity contribution < 1.29 is 14.0 Å². The van der Waals surface area contributed by atoms with Crippen molar-refractivity contribution in [2.45, 2.75) is 38.5 Å². The van der Waals surface area contributed by atoms with Gasteiger partial charge < -0.3 is 15.5 Å². The van der Waals surface area contributed by atoms with Crippen molar-refractivity contribution in [3.63, 3.8) is 0 Å². The Kier molecular flexibility index (Phi) is 7.85. The van der Waals surface area contributed by atoms with Crippen LogP contribution >= 0.6 is 0 Å². The van der Waals surface area contributed by atoms with Crippen molar-refractivity contribution in [3.8, 4) is 0 Å². The Morgan fingerprint density at radius 2 is 1.52 bits per heavy atom. The lowest BCUT2D eigenvalue weighted by Crippen LogP contribution is -2.51. The van der Waals surface area contributed by atoms with E-state index in [9.17, 15) is 14.0 Å². The van der Waals surface area contributed by atoms with Crippen LogP contribution in [0.5, 0.6) is 0 Å². The van der Waals surface area contributed by atoms with E-state index in [0.717, 1.165) is 25.7 Å². The van der Waals surface area contributed by atoms with E-state index in [1.165, 1.54) is 6.07 Å². The molecule has 1 aromatic carbocycles. The van der Waals surface area contributed by atoms with Gasteiger partial charge in [0, 0.05) is 32.6 Å². The molecule has 2 N–H and O–H groups in total. The van der Waals surface area contributed by atoms with Crippen LogP contribution in [-0.4, -0.2) is 54.3 Å². The molecule has 1 aromatic rings. The summed E-state index contributed by atoms with van der Waals surface area (Å²) in [5, 5.41) is 0. The lowest BCUT2D eigenvalue weighted by Gasteiger charge is -2.35. The first kappa shape index (κ1) is 19.4. The number of nitrogens with zero attached hydrogens (tertiary/aromatic N) is 2. The number of amides is 2. The summed E-state index contributed by atoms with van der Waals surface area (Å²) in [6, 6.07) is 6.35. The molecule has 0 saturated carbocycles. The molecule has 0 atom stereocenters. The van der Waals surface area contributed by atoms with Gasteiger partial charge in [-0.25, -0.2) is 4.39 Å². The molecule has 2 rings (SSSR count). The second kappa shape index (κ2) is 10.1. The normalized spacial score (nSPS) is 14.6. The fraction of sp³-hybridized carbons (Fsp3) is 0.579. The third-order valence-electron chi connectivity index (χ3n) is 4.63. The minimum atomic E-state index is -0.348. The maximum atomic E-state index is 13.7. The number of halogens is 1. The van der Waals surface area contributed by atoms with E-state index in [1.54, 1.807) is 23.1 Å². The fourth-order valence-corrected chi connectivity index (χ4v) is 3.05. The molecule has 25 heavy (non-hydrogen) atoms. The number of piperazine rings is 1. The molecule has 1 heterocycles. The standard InChI is InChI=1S/C19H28FN3O2/c20-17-8-5-4-7-16(17)15-19(25)23-13-11-22(12-14-23)18(24)9-3-1-2-6-10-21/h4-5,7-8H,1-3,6,9-15,21H2. The monoisotopic (exact) mass is 349 g/mol. The zero-order chi connectivity index (χ0) is 18.1. The topological polar surface area (TPSA) is 66.6 Å². The van der Waals surface area contributed by atoms with Gasteiger partial charge in [-0.15, -0.1) is 0 Å². The number of unbranched alkanes of at least 4 members (excludes halogenated alkanes) is 3. The predicted molar refractivity (Wildman–Crippen MR) is 95.4 cm³/mol. The van der Waals surface area contributed by atoms with Crippen LogP contribution in [0.25, 0.3) is 0 Å². The van der Waals surface area contributed by atoms with Crippen molar-refractivity contribution in [2.75, 3.05) is 32.7 Å². The molecule has 1 aliphatic rings. The molecule has 6 heteroatoms. The Labute approximate surface area is 149 Å². The Bertz CT molecular complexity index is 572. The number of carbonyl (C=O) groups excluding carboxylic acids is 2. The molecule has 0 radical (unpaired) electrons. The lowest BCUT2D eigenvalue weighted by atomic mass is 10.1. The van der Waals surface area contributed by atoms with E-state index in [1.807, 2.05) is 4.90 Å². The van der Waals surface area contributed by atoms with E-state index in [4.69, 9.17) is 5.73 Å². The molecule has 2 amide bonds. The smallest absolute Gasteiger partial charge is 0.227 e. The van der Waals surface area contributed by atoms with Gasteiger partial charge in [0.1, 0.15) is 5.82 Å². The van der Waals surface area contributed by atoms with Crippen LogP contribution in [0.2, 0.25) is 0 Å². The number of hydrogen-bond donors (Lipinski definition) is 1. The van der Waals surface area contributed by atoms with Gasteiger partial charge in [0.25, 0.3) is 0 Å². The van der Waals surface area contributed by atoms with Gasteiger partial charge in [0.15, 0.2) is 0 Å². The molecule has 1 saturated heterocycles. The summed E-state index contributed by atoms with van der Waals surface area (Å²) < 4.78 is 13.7. The second-order valence-corrected chi connectivity index (χ2v) is 6.48. The zero-order valence-corrected chi connectivity index (χ0v) is 14.8. The van der Waals surface area contributed by atoms with Gasteiger partial charge in [-0.3, -0.25) is 9.59 Å². The summed E-state index contributed by atoms with van der Waals surface area (Å²) in [4.78, 5) is 28.1. The van der Waals surface area contributed by atoms with Gasteiger partial charge in [-0.05, 0) is 31.0 Å². The summed E-state index contributed by atoms with van der Waals surface area (Å²) in [5.74, 6) is -0.271. The van der Waals surface area contributed by atoms with Crippen LogP contribution in [-0.2, 0) is 16.0 Å². The Balaban J connectivity index is 1.71. The van der Waals surface area contributed by atoms with Crippen LogP contribution in [0.3, 0.4) is 0 Å². The number of rotatable bonds is 8. The average molecular weight is 349 g/mol. The van der Waals surface area contributed by atoms with Crippen molar-refractivity contribution in [3.05, 3.63) is 35.6 Å². The highest BCUT2D eigenvalue weighted by Crippen LogP contribution is 2.12. The van der Waals surface area contributed by atoms with E-state index >= 15 is 0 Å². The maximum absolute atomic E-state index is 13.7. The quantitative estimate of drug-likeness (QED) is 0.730. The summed E-state index contributed by atoms with van der Waals surface area (Å²) in [6.45, 7) is 2.87. The summed E-state index contributed by atoms with van der Waals surface area (Å²) in [5.41, 5.74) is 5.87. The van der Waals surface area contributed by atoms with E-state index in [0.29, 0.717) is 44.7 Å². The van der Waals surface area contributed by atoms with Crippen LogP contribution < -0.4 is 5.73 Å². The van der Waals surface area contributed by atoms with Crippen LogP contribution in [0, 0.1) is 5.82 Å². The SMILES string of the molecule is NCCCCCCC(=O)N1CCN(C(=O)Cc2ccccc2F)CC1. The van der Waals surface area contributed by atoms with E-state index in [2.05, 4.69) is 0 Å². The molecule has 138 valence electrons. The molecule has 1 fully saturated rings. The number of hydrogen-bond acceptors (Lipinski definition) is 3. The first-order valence-corrected chi connectivity index (χ1v) is 9.11. The minimum Gasteiger partial charge on any atom is -0.339 e. The number of carbonyl (C=O) groups is 2. The number of nitrogens with two attached hydrogens (primary N) is 1. The molecule has 0 unspecified atom stereocenters. The molecular weight excluding hydrogens is 321 g/mol. The Hall–Kier alpha value is -1.95. The fourth-order valence-electron chi connectivity index (χ4n) is 3.05. The van der Waals surface area contributed by atoms with Crippen molar-refractivity contribution in [2.24, 2.45) is 5.73 Å². The molecular formula is C19H28FN3O2. The molecule has 0 bridgehead atoms. The molecule has 0 aliphatic carbocycles. The van der Waals surface area contributed by atoms with Gasteiger partial charge in [-0.1, -0.05) is 31.0 Å². The molecule has 0 spiro atoms. The molecule has 0 aromatic heterocycles. The van der Waals surface area contributed by atoms with Crippen molar-refractivity contribution in [1.29, 1.82) is 0 Å². The van der Waals surface area contributed by atoms with E-state index in [-0.39, 0.29) is 24.1 Å². The first-order chi connectivity index (χ1) is 12.1. The van der Waals surface area contributed by atoms with Crippen LogP contribution in [0.4, 0.5) is 4.39 Å². The summed E-state index contributed by atoms with van der Waals surface area (Å²) in [7, 11) is 0. The summed E-state index contributed by atoms with van der Waals surface area (Å²) in [6.07, 6.45) is 4.64. The van der Waals surface area contributed by atoms with E-state index < -0.39 is 0 Å². The van der Waals surface area contributed by atoms with Gasteiger partial charge in [-0.2, -0.15) is 0 Å². The first-order valence-electron chi connectivity index (χ1n) is 9.11. The largest absolute Gasteiger partial charge is 0.339 e. The molecule has 1 aliphatic heterocycles. The van der Waals surface area contributed by atoms with Crippen molar-refractivity contribution in [1.82, 2.24) is 9.80 Å². The average Bonchev–Trinajstić information content (AvgIpc) is 2.63. The Morgan fingerprint density at radius 1 is 0.920 bits per heavy atom. The zero-order valence-electron chi connectivity index (χ0n) is 14.8. The molecule has 5 nitrogen and oxygen atoms in total. The maximum Gasteiger partial charge on any atom is 0.227 e. The van der Waals surface area contributed by atoms with Crippen molar-refractivity contribution >= 4 is 11.8 Å². The predicted octanol–water partition coefficient (Wildman–Crippen LogP) is 1.95. The third kappa shape index (κ3) is 6.12. The third-order valence-corrected chi connectivity index (χ3v) is 4.63. The van der Waals surface area contributed by atoms with Gasteiger partial charge in [0.2, 0.25) is 11.8 Å². The van der Waals surface area contributed by atoms with Gasteiger partial charge >= 0.3 is 0 Å². The number of benzene rings is 1. The Morgan fingerprint density at radius 3 is 2.16 bits per heavy atom. The second-order valence-electron chi connectivity index (χ2n) is 6.48. The van der Waals surface area contributed by atoms with Gasteiger partial charge in [0.05, 0.1) is 6.42 Å². The minimum absolute atomic E-state index is 0.0712.